The van der Waals surface area contributed by atoms with E-state index in [1.54, 1.807) is 96.2 Å². The lowest BCUT2D eigenvalue weighted by molar-refractivity contribution is -0.117. The van der Waals surface area contributed by atoms with Crippen molar-refractivity contribution in [3.63, 3.8) is 0 Å². The molecular formula is C59H65FN22O10. The van der Waals surface area contributed by atoms with Crippen LogP contribution in [-0.2, 0) is 66.0 Å². The molecule has 478 valence electrons. The van der Waals surface area contributed by atoms with Gasteiger partial charge in [-0.15, -0.1) is 0 Å². The summed E-state index contributed by atoms with van der Waals surface area (Å²) in [5.74, 6) is -5.17. The number of rotatable bonds is 25. The van der Waals surface area contributed by atoms with Gasteiger partial charge in [0.2, 0.25) is 17.6 Å². The lowest BCUT2D eigenvalue weighted by Gasteiger charge is -2.12. The van der Waals surface area contributed by atoms with E-state index in [1.807, 2.05) is 0 Å². The molecule has 0 bridgehead atoms. The Morgan fingerprint density at radius 1 is 0.489 bits per heavy atom. The van der Waals surface area contributed by atoms with Crippen LogP contribution in [0.15, 0.2) is 116 Å². The van der Waals surface area contributed by atoms with Gasteiger partial charge in [-0.3, -0.25) is 43.2 Å². The molecule has 1 atom stereocenters. The first-order chi connectivity index (χ1) is 43.9. The number of carbonyl (C=O) groups is 9. The highest BCUT2D eigenvalue weighted by atomic mass is 19.1. The molecule has 0 spiro atoms. The van der Waals surface area contributed by atoms with E-state index >= 15 is 0 Å². The lowest BCUT2D eigenvalue weighted by atomic mass is 10.2. The summed E-state index contributed by atoms with van der Waals surface area (Å²) < 4.78 is 25.0. The number of amides is 9. The van der Waals surface area contributed by atoms with Crippen molar-refractivity contribution in [2.24, 2.45) is 67.3 Å². The lowest BCUT2D eigenvalue weighted by Crippen LogP contribution is -2.39. The minimum absolute atomic E-state index is 0.000921. The molecule has 9 amide bonds. The average Bonchev–Trinajstić information content (AvgIpc) is 1.73. The maximum Gasteiger partial charge on any atom is 0.291 e. The van der Waals surface area contributed by atoms with Crippen molar-refractivity contribution >= 4 is 99.5 Å². The van der Waals surface area contributed by atoms with E-state index in [4.69, 9.17) is 10.6 Å². The van der Waals surface area contributed by atoms with Crippen molar-refractivity contribution < 1.29 is 52.4 Å². The van der Waals surface area contributed by atoms with Crippen molar-refractivity contribution in [1.82, 2.24) is 62.1 Å². The summed E-state index contributed by atoms with van der Waals surface area (Å²) in [6, 6.07) is 12.0. The SMILES string of the molecule is Cn1cc(NC(=O)c2cc(NC(=O)c3nc(NC(=O)c4cc(NC(=O)[C@H](N)CCNC(=O)c5nc(NC(=O)c6cc(NC(=O)c7cc(NC(=O)c8nccn8C)cn7C)cn6C)cn5C)cn4C)cn3C)cn2C)cc1C(=O)NCCCO/N=C\c1ccc(F)cc1. The van der Waals surface area contributed by atoms with Crippen LogP contribution in [0.25, 0.3) is 0 Å². The van der Waals surface area contributed by atoms with Gasteiger partial charge >= 0.3 is 0 Å². The fourth-order valence-corrected chi connectivity index (χ4v) is 9.39. The Labute approximate surface area is 523 Å². The molecule has 9 rings (SSSR count). The number of hydrogen-bond acceptors (Lipinski definition) is 15. The third-order valence-electron chi connectivity index (χ3n) is 14.1. The molecule has 0 saturated carbocycles. The standard InChI is InChI=1S/C59H65FN22O10/c1-75-18-17-62-48(75)58(90)69-38-23-42(77(3)29-38)54(86)68-37-22-45(80(6)28-37)56(88)73-46-31-81(7)49(71-46)57(89)64-16-14-40(61)51(83)66-35-21-44(79(5)26-35)55(87)74-47-32-82(8)50(72-47)59(91)70-39-24-43(78(4)30-39)53(85)67-36-20-41(76(2)27-36)52(84)63-15-9-19-92-65-25-33-10-12-34(60)13-11-33/h10-13,17-18,20-32,40H,9,14-16,19,61H2,1-8H3,(H,63,84)(H,64,89)(H,66,83)(H,67,85)(H,68,86)(H,69,90)(H,70,91)(H,73,88)(H,74,87)/b65-25-/t40-/m1/s1. The average molecular weight is 1260 g/mol. The largest absolute Gasteiger partial charge is 0.396 e. The zero-order valence-electron chi connectivity index (χ0n) is 51.0. The Kier molecular flexibility index (Phi) is 19.5. The molecule has 0 aliphatic carbocycles. The Balaban J connectivity index is 0.691. The first kappa shape index (κ1) is 64.3. The molecule has 9 aromatic rings. The van der Waals surface area contributed by atoms with Crippen LogP contribution in [0.4, 0.5) is 44.5 Å². The Morgan fingerprint density at radius 3 is 1.35 bits per heavy atom. The first-order valence-electron chi connectivity index (χ1n) is 28.2. The molecule has 92 heavy (non-hydrogen) atoms. The fraction of sp³-hybridized carbons (Fsp3) is 0.237. The number of benzene rings is 1. The molecule has 0 aliphatic heterocycles. The van der Waals surface area contributed by atoms with Gasteiger partial charge < -0.3 is 95.0 Å². The molecule has 1 aromatic carbocycles. The second-order valence-electron chi connectivity index (χ2n) is 21.2. The highest BCUT2D eigenvalue weighted by Gasteiger charge is 2.25. The normalized spacial score (nSPS) is 11.5. The summed E-state index contributed by atoms with van der Waals surface area (Å²) in [6.07, 6.45) is 15.6. The molecule has 0 radical (unpaired) electrons. The zero-order valence-corrected chi connectivity index (χ0v) is 51.0. The number of nitrogens with one attached hydrogen (secondary N) is 9. The molecule has 32 nitrogen and oxygen atoms in total. The van der Waals surface area contributed by atoms with Gasteiger partial charge in [-0.25, -0.2) is 19.3 Å². The Hall–Kier alpha value is -12.2. The van der Waals surface area contributed by atoms with Crippen molar-refractivity contribution in [3.05, 3.63) is 168 Å². The number of aryl methyl sites for hydroxylation is 8. The van der Waals surface area contributed by atoms with Crippen LogP contribution in [0, 0.1) is 5.82 Å². The number of aromatic nitrogens is 11. The number of nitrogens with zero attached hydrogens (tertiary/aromatic N) is 12. The van der Waals surface area contributed by atoms with Gasteiger partial charge in [-0.05, 0) is 54.4 Å². The molecule has 8 heterocycles. The first-order valence-corrected chi connectivity index (χ1v) is 28.2. The van der Waals surface area contributed by atoms with E-state index in [1.165, 1.54) is 113 Å². The summed E-state index contributed by atoms with van der Waals surface area (Å²) in [6.45, 7) is 0.469. The van der Waals surface area contributed by atoms with Gasteiger partial charge in [0.25, 0.3) is 47.3 Å². The summed E-state index contributed by atoms with van der Waals surface area (Å²) in [7, 11) is 12.9. The van der Waals surface area contributed by atoms with Crippen LogP contribution in [0.1, 0.15) is 103 Å². The quantitative estimate of drug-likeness (QED) is 0.0223. The molecule has 0 aliphatic rings. The van der Waals surface area contributed by atoms with Crippen molar-refractivity contribution in [1.29, 1.82) is 0 Å². The third-order valence-corrected chi connectivity index (χ3v) is 14.1. The van der Waals surface area contributed by atoms with Crippen LogP contribution in [-0.4, -0.2) is 137 Å². The van der Waals surface area contributed by atoms with Crippen LogP contribution < -0.4 is 53.6 Å². The highest BCUT2D eigenvalue weighted by Crippen LogP contribution is 2.23. The molecule has 11 N–H and O–H groups in total. The van der Waals surface area contributed by atoms with Crippen molar-refractivity contribution in [2.75, 3.05) is 56.9 Å². The summed E-state index contributed by atoms with van der Waals surface area (Å²) in [5, 5.41) is 28.2. The number of hydrogen-bond donors (Lipinski definition) is 10. The second-order valence-corrected chi connectivity index (χ2v) is 21.2. The second kappa shape index (κ2) is 27.9. The van der Waals surface area contributed by atoms with E-state index < -0.39 is 53.3 Å². The summed E-state index contributed by atoms with van der Waals surface area (Å²) in [4.78, 5) is 137. The number of carbonyl (C=O) groups excluding carboxylic acids is 9. The van der Waals surface area contributed by atoms with Gasteiger partial charge in [0.05, 0.1) is 40.7 Å². The summed E-state index contributed by atoms with van der Waals surface area (Å²) in [5.41, 5.74) is 9.36. The summed E-state index contributed by atoms with van der Waals surface area (Å²) >= 11 is 0. The van der Waals surface area contributed by atoms with E-state index in [-0.39, 0.29) is 107 Å². The minimum atomic E-state index is -1.10. The van der Waals surface area contributed by atoms with Gasteiger partial charge in [0.1, 0.15) is 40.9 Å². The number of imidazole rings is 3. The van der Waals surface area contributed by atoms with Gasteiger partial charge in [-0.2, -0.15) is 0 Å². The molecule has 0 unspecified atom stereocenters. The van der Waals surface area contributed by atoms with Crippen LogP contribution in [0.5, 0.6) is 0 Å². The zero-order chi connectivity index (χ0) is 66.1. The smallest absolute Gasteiger partial charge is 0.291 e. The maximum absolute atomic E-state index is 13.5. The van der Waals surface area contributed by atoms with E-state index in [0.29, 0.717) is 29.0 Å². The maximum atomic E-state index is 13.5. The van der Waals surface area contributed by atoms with E-state index in [0.717, 1.165) is 0 Å². The Morgan fingerprint density at radius 2 is 0.891 bits per heavy atom. The van der Waals surface area contributed by atoms with Gasteiger partial charge in [-0.1, -0.05) is 17.3 Å². The van der Waals surface area contributed by atoms with Crippen molar-refractivity contribution in [2.45, 2.75) is 18.9 Å². The topological polar surface area (TPSA) is 388 Å². The molecule has 0 saturated heterocycles. The van der Waals surface area contributed by atoms with Crippen LogP contribution >= 0.6 is 0 Å². The molecular weight excluding hydrogens is 1200 g/mol. The number of halogens is 1. The predicted octanol–water partition coefficient (Wildman–Crippen LogP) is 3.49. The third kappa shape index (κ3) is 15.6. The van der Waals surface area contributed by atoms with Gasteiger partial charge in [0.15, 0.2) is 17.5 Å². The number of oxime groups is 1. The molecule has 8 aromatic heterocycles. The van der Waals surface area contributed by atoms with Crippen molar-refractivity contribution in [3.8, 4) is 0 Å². The predicted molar refractivity (Wildman–Crippen MR) is 335 cm³/mol. The molecule has 33 heteroatoms. The van der Waals surface area contributed by atoms with E-state index in [2.05, 4.69) is 68.0 Å². The highest BCUT2D eigenvalue weighted by molar-refractivity contribution is 6.10. The van der Waals surface area contributed by atoms with E-state index in [9.17, 15) is 47.5 Å². The van der Waals surface area contributed by atoms with Crippen LogP contribution in [0.3, 0.4) is 0 Å². The monoisotopic (exact) mass is 1260 g/mol. The molecule has 0 fully saturated rings. The van der Waals surface area contributed by atoms with Gasteiger partial charge in [0, 0.05) is 132 Å². The minimum Gasteiger partial charge on any atom is -0.396 e. The number of nitrogens with two attached hydrogens (primary N) is 1. The number of anilines is 7. The van der Waals surface area contributed by atoms with Crippen LogP contribution in [0.2, 0.25) is 0 Å². The Bertz CT molecular complexity index is 4340. The fourth-order valence-electron chi connectivity index (χ4n) is 9.39.